The zero-order valence-corrected chi connectivity index (χ0v) is 12.0. The van der Waals surface area contributed by atoms with Gasteiger partial charge in [0, 0.05) is 6.04 Å². The summed E-state index contributed by atoms with van der Waals surface area (Å²) in [4.78, 5) is 0. The van der Waals surface area contributed by atoms with Gasteiger partial charge in [-0.15, -0.1) is 0 Å². The molecule has 1 unspecified atom stereocenters. The topological polar surface area (TPSA) is 21.3 Å². The van der Waals surface area contributed by atoms with E-state index in [4.69, 9.17) is 4.74 Å². The summed E-state index contributed by atoms with van der Waals surface area (Å²) in [5.41, 5.74) is 1.33. The van der Waals surface area contributed by atoms with E-state index in [2.05, 4.69) is 43.4 Å². The molecule has 1 rings (SSSR count). The van der Waals surface area contributed by atoms with Crippen molar-refractivity contribution in [1.29, 1.82) is 0 Å². The molecule has 2 heteroatoms. The number of rotatable bonds is 9. The second-order valence-electron chi connectivity index (χ2n) is 4.73. The van der Waals surface area contributed by atoms with Gasteiger partial charge in [0.25, 0.3) is 0 Å². The molecule has 1 N–H and O–H groups in total. The third kappa shape index (κ3) is 5.09. The summed E-state index contributed by atoms with van der Waals surface area (Å²) >= 11 is 0. The lowest BCUT2D eigenvalue weighted by Crippen LogP contribution is -2.14. The molecule has 18 heavy (non-hydrogen) atoms. The summed E-state index contributed by atoms with van der Waals surface area (Å²) < 4.78 is 5.73. The minimum atomic E-state index is 0.448. The lowest BCUT2D eigenvalue weighted by Gasteiger charge is -2.14. The quantitative estimate of drug-likeness (QED) is 0.658. The molecule has 1 aromatic carbocycles. The van der Waals surface area contributed by atoms with E-state index in [0.717, 1.165) is 25.2 Å². The highest BCUT2D eigenvalue weighted by Crippen LogP contribution is 2.20. The number of hydrogen-bond acceptors (Lipinski definition) is 2. The number of nitrogens with one attached hydrogen (secondary N) is 1. The van der Waals surface area contributed by atoms with E-state index in [1.807, 2.05) is 7.05 Å². The maximum atomic E-state index is 5.73. The summed E-state index contributed by atoms with van der Waals surface area (Å²) in [5, 5.41) is 3.31. The Kier molecular flexibility index (Phi) is 7.51. The average Bonchev–Trinajstić information content (AvgIpc) is 2.41. The van der Waals surface area contributed by atoms with Gasteiger partial charge in [-0.1, -0.05) is 45.2 Å². The van der Waals surface area contributed by atoms with Crippen LogP contribution in [0.3, 0.4) is 0 Å². The van der Waals surface area contributed by atoms with Gasteiger partial charge in [0.2, 0.25) is 0 Å². The van der Waals surface area contributed by atoms with Crippen LogP contribution in [0.5, 0.6) is 5.75 Å². The molecule has 0 amide bonds. The van der Waals surface area contributed by atoms with Crippen molar-refractivity contribution in [2.24, 2.45) is 0 Å². The predicted octanol–water partition coefficient (Wildman–Crippen LogP) is 4.32. The average molecular weight is 249 g/mol. The van der Waals surface area contributed by atoms with Crippen LogP contribution in [-0.2, 0) is 0 Å². The zero-order chi connectivity index (χ0) is 13.2. The molecule has 0 radical (unpaired) electrons. The van der Waals surface area contributed by atoms with E-state index < -0.39 is 0 Å². The Balaban J connectivity index is 2.35. The number of unbranched alkanes of at least 4 members (excludes halogenated alkanes) is 3. The number of hydrogen-bond donors (Lipinski definition) is 1. The summed E-state index contributed by atoms with van der Waals surface area (Å²) in [6.07, 6.45) is 6.11. The normalized spacial score (nSPS) is 12.4. The fourth-order valence-electron chi connectivity index (χ4n) is 2.12. The van der Waals surface area contributed by atoms with E-state index in [0.29, 0.717) is 6.04 Å². The first-order chi connectivity index (χ1) is 8.81. The molecule has 0 heterocycles. The third-order valence-electron chi connectivity index (χ3n) is 3.31. The molecule has 0 aromatic heterocycles. The van der Waals surface area contributed by atoms with Crippen molar-refractivity contribution in [2.75, 3.05) is 13.7 Å². The van der Waals surface area contributed by atoms with E-state index in [1.54, 1.807) is 0 Å². The van der Waals surface area contributed by atoms with Crippen LogP contribution < -0.4 is 10.1 Å². The lowest BCUT2D eigenvalue weighted by atomic mass is 10.0. The van der Waals surface area contributed by atoms with E-state index in [-0.39, 0.29) is 0 Å². The van der Waals surface area contributed by atoms with Gasteiger partial charge in [0.05, 0.1) is 6.61 Å². The smallest absolute Gasteiger partial charge is 0.119 e. The molecule has 2 nitrogen and oxygen atoms in total. The van der Waals surface area contributed by atoms with E-state index in [9.17, 15) is 0 Å². The van der Waals surface area contributed by atoms with Gasteiger partial charge in [-0.05, 0) is 37.6 Å². The monoisotopic (exact) mass is 249 g/mol. The Hall–Kier alpha value is -1.02. The summed E-state index contributed by atoms with van der Waals surface area (Å²) in [5.74, 6) is 0.987. The van der Waals surface area contributed by atoms with Crippen molar-refractivity contribution in [3.63, 3.8) is 0 Å². The molecule has 0 saturated carbocycles. The van der Waals surface area contributed by atoms with Crippen LogP contribution in [0, 0.1) is 0 Å². The van der Waals surface area contributed by atoms with Crippen molar-refractivity contribution in [3.05, 3.63) is 29.8 Å². The SMILES string of the molecule is CCCCCCOc1ccc(C(CC)NC)cc1. The van der Waals surface area contributed by atoms with Crippen LogP contribution in [0.15, 0.2) is 24.3 Å². The van der Waals surface area contributed by atoms with Gasteiger partial charge in [-0.2, -0.15) is 0 Å². The van der Waals surface area contributed by atoms with Gasteiger partial charge in [-0.25, -0.2) is 0 Å². The van der Waals surface area contributed by atoms with Crippen LogP contribution in [0.25, 0.3) is 0 Å². The molecular weight excluding hydrogens is 222 g/mol. The van der Waals surface area contributed by atoms with Gasteiger partial charge >= 0.3 is 0 Å². The van der Waals surface area contributed by atoms with Crippen molar-refractivity contribution in [2.45, 2.75) is 52.0 Å². The largest absolute Gasteiger partial charge is 0.494 e. The van der Waals surface area contributed by atoms with Gasteiger partial charge in [0.15, 0.2) is 0 Å². The Morgan fingerprint density at radius 1 is 1.06 bits per heavy atom. The summed E-state index contributed by atoms with van der Waals surface area (Å²) in [6.45, 7) is 5.26. The molecule has 0 fully saturated rings. The standard InChI is InChI=1S/C16H27NO/c1-4-6-7-8-13-18-15-11-9-14(10-12-15)16(5-2)17-3/h9-12,16-17H,4-8,13H2,1-3H3. The van der Waals surface area contributed by atoms with Crippen molar-refractivity contribution in [3.8, 4) is 5.75 Å². The molecule has 0 saturated heterocycles. The zero-order valence-electron chi connectivity index (χ0n) is 12.0. The fraction of sp³-hybridized carbons (Fsp3) is 0.625. The van der Waals surface area contributed by atoms with Crippen molar-refractivity contribution < 1.29 is 4.74 Å². The first-order valence-electron chi connectivity index (χ1n) is 7.21. The Labute approximate surface area is 112 Å². The van der Waals surface area contributed by atoms with Gasteiger partial charge in [0.1, 0.15) is 5.75 Å². The molecular formula is C16H27NO. The second-order valence-corrected chi connectivity index (χ2v) is 4.73. The molecule has 0 aliphatic rings. The molecule has 1 aromatic rings. The van der Waals surface area contributed by atoms with Crippen LogP contribution in [-0.4, -0.2) is 13.7 Å². The molecule has 1 atom stereocenters. The number of ether oxygens (including phenoxy) is 1. The lowest BCUT2D eigenvalue weighted by molar-refractivity contribution is 0.305. The van der Waals surface area contributed by atoms with Gasteiger partial charge in [-0.3, -0.25) is 0 Å². The second kappa shape index (κ2) is 8.98. The summed E-state index contributed by atoms with van der Waals surface area (Å²) in [7, 11) is 2.01. The highest BCUT2D eigenvalue weighted by atomic mass is 16.5. The Morgan fingerprint density at radius 2 is 1.78 bits per heavy atom. The highest BCUT2D eigenvalue weighted by molar-refractivity contribution is 5.29. The maximum Gasteiger partial charge on any atom is 0.119 e. The van der Waals surface area contributed by atoms with E-state index >= 15 is 0 Å². The minimum absolute atomic E-state index is 0.448. The Morgan fingerprint density at radius 3 is 2.33 bits per heavy atom. The maximum absolute atomic E-state index is 5.73. The Bertz CT molecular complexity index is 303. The van der Waals surface area contributed by atoms with E-state index in [1.165, 1.54) is 24.8 Å². The highest BCUT2D eigenvalue weighted by Gasteiger charge is 2.05. The molecule has 0 bridgehead atoms. The summed E-state index contributed by atoms with van der Waals surface area (Å²) in [6, 6.07) is 8.92. The van der Waals surface area contributed by atoms with Crippen LogP contribution >= 0.6 is 0 Å². The molecule has 0 aliphatic carbocycles. The van der Waals surface area contributed by atoms with Crippen LogP contribution in [0.1, 0.15) is 57.6 Å². The molecule has 0 aliphatic heterocycles. The minimum Gasteiger partial charge on any atom is -0.494 e. The number of benzene rings is 1. The van der Waals surface area contributed by atoms with Crippen molar-refractivity contribution >= 4 is 0 Å². The van der Waals surface area contributed by atoms with Crippen LogP contribution in [0.4, 0.5) is 0 Å². The van der Waals surface area contributed by atoms with Crippen molar-refractivity contribution in [1.82, 2.24) is 5.32 Å². The van der Waals surface area contributed by atoms with Gasteiger partial charge < -0.3 is 10.1 Å². The first kappa shape index (κ1) is 15.0. The third-order valence-corrected chi connectivity index (χ3v) is 3.31. The first-order valence-corrected chi connectivity index (χ1v) is 7.21. The predicted molar refractivity (Wildman–Crippen MR) is 78.2 cm³/mol. The van der Waals surface area contributed by atoms with Crippen LogP contribution in [0.2, 0.25) is 0 Å². The molecule has 102 valence electrons. The molecule has 0 spiro atoms. The fourth-order valence-corrected chi connectivity index (χ4v) is 2.12.